The first-order chi connectivity index (χ1) is 16.7. The number of anilines is 2. The standard InChI is InChI=1S/C22H22F5N7O/c1-12-7-17(29-11-28-12)33-8-13-5-6-14(9-33)19(13)30-20-31-21(34(32-20)10-22(25,26)27)35-16-4-2-3-15(23)18(16)24/h2-4,7,11,13-14,19H,5-6,8-10H2,1H3,(H,30,32). The molecule has 1 N–H and O–H groups in total. The summed E-state index contributed by atoms with van der Waals surface area (Å²) in [5.41, 5.74) is 0.865. The van der Waals surface area contributed by atoms with Gasteiger partial charge in [0.15, 0.2) is 11.6 Å². The number of fused-ring (bicyclic) bond motifs is 2. The maximum atomic E-state index is 14.0. The van der Waals surface area contributed by atoms with Crippen LogP contribution in [0.4, 0.5) is 33.7 Å². The molecule has 2 bridgehead atoms. The van der Waals surface area contributed by atoms with E-state index in [1.165, 1.54) is 12.4 Å². The van der Waals surface area contributed by atoms with Crippen LogP contribution in [0, 0.1) is 30.4 Å². The summed E-state index contributed by atoms with van der Waals surface area (Å²) >= 11 is 0. The van der Waals surface area contributed by atoms with Gasteiger partial charge in [0.2, 0.25) is 11.8 Å². The first-order valence-corrected chi connectivity index (χ1v) is 11.1. The average Bonchev–Trinajstić information content (AvgIpc) is 3.24. The van der Waals surface area contributed by atoms with Gasteiger partial charge in [-0.25, -0.2) is 19.0 Å². The van der Waals surface area contributed by atoms with Crippen molar-refractivity contribution in [3.05, 3.63) is 47.9 Å². The molecule has 1 saturated heterocycles. The first-order valence-electron chi connectivity index (χ1n) is 11.1. The Labute approximate surface area is 197 Å². The highest BCUT2D eigenvalue weighted by Gasteiger charge is 2.43. The predicted molar refractivity (Wildman–Crippen MR) is 115 cm³/mol. The number of nitrogens with one attached hydrogen (secondary N) is 1. The third kappa shape index (κ3) is 4.98. The predicted octanol–water partition coefficient (Wildman–Crippen LogP) is 4.34. The number of rotatable bonds is 6. The maximum absolute atomic E-state index is 14.0. The largest absolute Gasteiger partial charge is 0.421 e. The van der Waals surface area contributed by atoms with E-state index in [1.54, 1.807) is 0 Å². The van der Waals surface area contributed by atoms with Gasteiger partial charge in [-0.2, -0.15) is 22.5 Å². The molecule has 1 aliphatic carbocycles. The van der Waals surface area contributed by atoms with E-state index < -0.39 is 36.1 Å². The molecule has 3 aromatic rings. The molecule has 1 aliphatic heterocycles. The highest BCUT2D eigenvalue weighted by Crippen LogP contribution is 2.40. The fourth-order valence-electron chi connectivity index (χ4n) is 4.81. The van der Waals surface area contributed by atoms with Crippen LogP contribution in [0.25, 0.3) is 0 Å². The zero-order valence-electron chi connectivity index (χ0n) is 18.6. The Bertz CT molecular complexity index is 1200. The molecule has 13 heteroatoms. The Morgan fingerprint density at radius 2 is 1.86 bits per heavy atom. The van der Waals surface area contributed by atoms with Gasteiger partial charge in [0.25, 0.3) is 0 Å². The van der Waals surface area contributed by atoms with Crippen LogP contribution in [0.3, 0.4) is 0 Å². The van der Waals surface area contributed by atoms with Gasteiger partial charge in [0.05, 0.1) is 0 Å². The quantitative estimate of drug-likeness (QED) is 0.510. The first kappa shape index (κ1) is 23.2. The number of piperidine rings is 1. The smallest absolute Gasteiger partial charge is 0.408 e. The van der Waals surface area contributed by atoms with Crippen molar-refractivity contribution in [3.8, 4) is 11.8 Å². The van der Waals surface area contributed by atoms with E-state index in [2.05, 4.69) is 30.3 Å². The highest BCUT2D eigenvalue weighted by molar-refractivity contribution is 5.42. The van der Waals surface area contributed by atoms with E-state index >= 15 is 0 Å². The van der Waals surface area contributed by atoms with Crippen molar-refractivity contribution < 1.29 is 26.7 Å². The summed E-state index contributed by atoms with van der Waals surface area (Å²) in [6.07, 6.45) is -1.23. The molecule has 8 nitrogen and oxygen atoms in total. The summed E-state index contributed by atoms with van der Waals surface area (Å²) in [5, 5.41) is 7.09. The number of ether oxygens (including phenoxy) is 1. The molecule has 3 heterocycles. The summed E-state index contributed by atoms with van der Waals surface area (Å²) in [6.45, 7) is 1.83. The fourth-order valence-corrected chi connectivity index (χ4v) is 4.81. The lowest BCUT2D eigenvalue weighted by Gasteiger charge is -2.38. The van der Waals surface area contributed by atoms with Gasteiger partial charge >= 0.3 is 12.2 Å². The molecule has 1 saturated carbocycles. The van der Waals surface area contributed by atoms with Crippen molar-refractivity contribution in [2.45, 2.75) is 38.5 Å². The lowest BCUT2D eigenvalue weighted by atomic mass is 9.92. The summed E-state index contributed by atoms with van der Waals surface area (Å²) < 4.78 is 72.6. The zero-order valence-corrected chi connectivity index (χ0v) is 18.6. The summed E-state index contributed by atoms with van der Waals surface area (Å²) in [7, 11) is 0. The van der Waals surface area contributed by atoms with Crippen molar-refractivity contribution >= 4 is 11.8 Å². The molecule has 186 valence electrons. The number of alkyl halides is 3. The Morgan fingerprint density at radius 3 is 2.54 bits per heavy atom. The van der Waals surface area contributed by atoms with Crippen LogP contribution in [-0.4, -0.2) is 50.0 Å². The number of hydrogen-bond donors (Lipinski definition) is 1. The molecule has 0 spiro atoms. The van der Waals surface area contributed by atoms with E-state index in [4.69, 9.17) is 4.74 Å². The second-order valence-electron chi connectivity index (χ2n) is 8.84. The molecule has 1 aromatic carbocycles. The average molecular weight is 495 g/mol. The molecular formula is C22H22F5N7O. The minimum atomic E-state index is -4.62. The van der Waals surface area contributed by atoms with Crippen molar-refractivity contribution in [2.24, 2.45) is 11.8 Å². The molecule has 0 radical (unpaired) electrons. The third-order valence-electron chi connectivity index (χ3n) is 6.33. The number of benzene rings is 1. The van der Waals surface area contributed by atoms with E-state index in [1.807, 2.05) is 13.0 Å². The van der Waals surface area contributed by atoms with Gasteiger partial charge in [0.1, 0.15) is 18.7 Å². The van der Waals surface area contributed by atoms with Crippen LogP contribution >= 0.6 is 0 Å². The minimum Gasteiger partial charge on any atom is -0.421 e. The van der Waals surface area contributed by atoms with Gasteiger partial charge in [-0.15, -0.1) is 5.10 Å². The molecule has 2 aromatic heterocycles. The molecule has 2 atom stereocenters. The zero-order chi connectivity index (χ0) is 24.7. The summed E-state index contributed by atoms with van der Waals surface area (Å²) in [5.74, 6) is -1.92. The van der Waals surface area contributed by atoms with Crippen molar-refractivity contribution in [1.82, 2.24) is 24.7 Å². The van der Waals surface area contributed by atoms with Gasteiger partial charge in [0, 0.05) is 30.9 Å². The van der Waals surface area contributed by atoms with Crippen molar-refractivity contribution in [3.63, 3.8) is 0 Å². The second-order valence-corrected chi connectivity index (χ2v) is 8.84. The Kier molecular flexibility index (Phi) is 5.93. The molecule has 5 rings (SSSR count). The van der Waals surface area contributed by atoms with E-state index in [-0.39, 0.29) is 23.8 Å². The Hall–Kier alpha value is -3.51. The number of halogens is 5. The molecule has 0 amide bonds. The molecular weight excluding hydrogens is 473 g/mol. The normalized spacial score (nSPS) is 21.9. The number of nitrogens with zero attached hydrogens (tertiary/aromatic N) is 6. The highest BCUT2D eigenvalue weighted by atomic mass is 19.4. The van der Waals surface area contributed by atoms with Gasteiger partial charge in [-0.05, 0) is 43.7 Å². The van der Waals surface area contributed by atoms with Crippen molar-refractivity contribution in [2.75, 3.05) is 23.3 Å². The fraction of sp³-hybridized carbons (Fsp3) is 0.455. The lowest BCUT2D eigenvalue weighted by Crippen LogP contribution is -2.48. The second kappa shape index (κ2) is 8.93. The number of aryl methyl sites for hydroxylation is 1. The number of aromatic nitrogens is 5. The van der Waals surface area contributed by atoms with Crippen LogP contribution in [0.5, 0.6) is 11.8 Å². The monoisotopic (exact) mass is 495 g/mol. The van der Waals surface area contributed by atoms with E-state index in [0.717, 1.165) is 36.5 Å². The molecule has 2 unspecified atom stereocenters. The van der Waals surface area contributed by atoms with Crippen LogP contribution in [-0.2, 0) is 6.54 Å². The molecule has 35 heavy (non-hydrogen) atoms. The van der Waals surface area contributed by atoms with Crippen molar-refractivity contribution in [1.29, 1.82) is 0 Å². The topological polar surface area (TPSA) is 81.0 Å². The van der Waals surface area contributed by atoms with Gasteiger partial charge in [-0.1, -0.05) is 6.07 Å². The van der Waals surface area contributed by atoms with Crippen LogP contribution in [0.15, 0.2) is 30.6 Å². The molecule has 2 aliphatic rings. The van der Waals surface area contributed by atoms with Gasteiger partial charge < -0.3 is 15.0 Å². The summed E-state index contributed by atoms with van der Waals surface area (Å²) in [6, 6.07) is 4.43. The van der Waals surface area contributed by atoms with Crippen LogP contribution < -0.4 is 15.0 Å². The van der Waals surface area contributed by atoms with Crippen LogP contribution in [0.2, 0.25) is 0 Å². The Morgan fingerprint density at radius 1 is 1.11 bits per heavy atom. The molecule has 2 fully saturated rings. The van der Waals surface area contributed by atoms with Gasteiger partial charge in [-0.3, -0.25) is 0 Å². The maximum Gasteiger partial charge on any atom is 0.408 e. The van der Waals surface area contributed by atoms with E-state index in [0.29, 0.717) is 17.8 Å². The number of hydrogen-bond acceptors (Lipinski definition) is 7. The Balaban J connectivity index is 1.36. The SMILES string of the molecule is Cc1cc(N2CC3CCC(C2)C3Nc2nc(Oc3cccc(F)c3F)n(CC(F)(F)F)n2)ncn1. The lowest BCUT2D eigenvalue weighted by molar-refractivity contribution is -0.143. The van der Waals surface area contributed by atoms with E-state index in [9.17, 15) is 22.0 Å². The minimum absolute atomic E-state index is 0.0605. The third-order valence-corrected chi connectivity index (χ3v) is 6.33. The van der Waals surface area contributed by atoms with Crippen LogP contribution in [0.1, 0.15) is 18.5 Å². The summed E-state index contributed by atoms with van der Waals surface area (Å²) in [4.78, 5) is 14.7.